The van der Waals surface area contributed by atoms with E-state index in [0.29, 0.717) is 5.01 Å². The maximum atomic E-state index is 12.6. The van der Waals surface area contributed by atoms with Crippen molar-refractivity contribution in [1.29, 1.82) is 0 Å². The summed E-state index contributed by atoms with van der Waals surface area (Å²) in [6, 6.07) is 4.77. The average molecular weight is 437 g/mol. The van der Waals surface area contributed by atoms with Gasteiger partial charge in [0.1, 0.15) is 6.04 Å². The van der Waals surface area contributed by atoms with E-state index < -0.39 is 17.9 Å². The number of ether oxygens (including phenoxy) is 1. The van der Waals surface area contributed by atoms with Gasteiger partial charge in [-0.3, -0.25) is 4.79 Å². The second-order valence-electron chi connectivity index (χ2n) is 5.90. The van der Waals surface area contributed by atoms with Gasteiger partial charge < -0.3 is 14.6 Å². The maximum Gasteiger partial charge on any atom is 0.330 e. The van der Waals surface area contributed by atoms with Crippen LogP contribution in [-0.4, -0.2) is 38.6 Å². The van der Waals surface area contributed by atoms with Crippen LogP contribution in [-0.2, 0) is 16.1 Å². The lowest BCUT2D eigenvalue weighted by molar-refractivity contribution is -0.150. The molecule has 1 amide bonds. The highest BCUT2D eigenvalue weighted by atomic mass is 79.9. The van der Waals surface area contributed by atoms with Gasteiger partial charge in [0, 0.05) is 16.9 Å². The SMILES string of the molecule is CC(C)OC(=O)C(Cn1ccnc1)NC(=O)c1nc2ccc(Br)cc2s1. The number of nitrogens with one attached hydrogen (secondary N) is 1. The van der Waals surface area contributed by atoms with E-state index >= 15 is 0 Å². The molecule has 0 aliphatic rings. The Kier molecular flexibility index (Phi) is 5.67. The van der Waals surface area contributed by atoms with Crippen LogP contribution in [0.2, 0.25) is 0 Å². The zero-order chi connectivity index (χ0) is 18.7. The molecule has 0 aliphatic heterocycles. The number of rotatable bonds is 6. The molecule has 0 saturated heterocycles. The largest absolute Gasteiger partial charge is 0.461 e. The van der Waals surface area contributed by atoms with E-state index in [-0.39, 0.29) is 12.6 Å². The number of benzene rings is 1. The Morgan fingerprint density at radius 2 is 2.19 bits per heavy atom. The van der Waals surface area contributed by atoms with Gasteiger partial charge >= 0.3 is 5.97 Å². The number of carbonyl (C=O) groups excluding carboxylic acids is 2. The number of halogens is 1. The highest BCUT2D eigenvalue weighted by Crippen LogP contribution is 2.25. The maximum absolute atomic E-state index is 12.6. The van der Waals surface area contributed by atoms with Gasteiger partial charge in [-0.15, -0.1) is 11.3 Å². The normalized spacial score (nSPS) is 12.3. The van der Waals surface area contributed by atoms with Crippen molar-refractivity contribution in [2.75, 3.05) is 0 Å². The van der Waals surface area contributed by atoms with Gasteiger partial charge in [-0.25, -0.2) is 14.8 Å². The number of aromatic nitrogens is 3. The summed E-state index contributed by atoms with van der Waals surface area (Å²) in [4.78, 5) is 33.3. The smallest absolute Gasteiger partial charge is 0.330 e. The molecule has 136 valence electrons. The second kappa shape index (κ2) is 7.96. The number of esters is 1. The van der Waals surface area contributed by atoms with Gasteiger partial charge in [-0.05, 0) is 32.0 Å². The van der Waals surface area contributed by atoms with E-state index in [9.17, 15) is 9.59 Å². The van der Waals surface area contributed by atoms with E-state index in [0.717, 1.165) is 14.7 Å². The first kappa shape index (κ1) is 18.5. The molecule has 0 spiro atoms. The lowest BCUT2D eigenvalue weighted by Gasteiger charge is -2.19. The van der Waals surface area contributed by atoms with Gasteiger partial charge in [-0.2, -0.15) is 0 Å². The van der Waals surface area contributed by atoms with Crippen LogP contribution in [0.5, 0.6) is 0 Å². The standard InChI is InChI=1S/C17H17BrN4O3S/c1-10(2)25-17(24)13(8-22-6-5-19-9-22)20-15(23)16-21-12-4-3-11(18)7-14(12)26-16/h3-7,9-10,13H,8H2,1-2H3,(H,20,23). The number of carbonyl (C=O) groups is 2. The van der Waals surface area contributed by atoms with Crippen LogP contribution < -0.4 is 5.32 Å². The van der Waals surface area contributed by atoms with Crippen molar-refractivity contribution in [3.8, 4) is 0 Å². The van der Waals surface area contributed by atoms with Crippen molar-refractivity contribution in [3.63, 3.8) is 0 Å². The summed E-state index contributed by atoms with van der Waals surface area (Å²) < 4.78 is 8.78. The molecule has 1 aromatic carbocycles. The fourth-order valence-electron chi connectivity index (χ4n) is 2.31. The van der Waals surface area contributed by atoms with E-state index in [1.807, 2.05) is 18.2 Å². The summed E-state index contributed by atoms with van der Waals surface area (Å²) in [5, 5.41) is 3.02. The number of thiazole rings is 1. The Labute approximate surface area is 162 Å². The van der Waals surface area contributed by atoms with Crippen molar-refractivity contribution >= 4 is 49.4 Å². The Morgan fingerprint density at radius 3 is 2.88 bits per heavy atom. The van der Waals surface area contributed by atoms with Gasteiger partial charge in [0.2, 0.25) is 0 Å². The third-order valence-corrected chi connectivity index (χ3v) is 4.95. The molecule has 1 N–H and O–H groups in total. The lowest BCUT2D eigenvalue weighted by atomic mass is 10.2. The van der Waals surface area contributed by atoms with Crippen LogP contribution in [0.3, 0.4) is 0 Å². The first-order chi connectivity index (χ1) is 12.4. The summed E-state index contributed by atoms with van der Waals surface area (Å²) >= 11 is 4.67. The van der Waals surface area contributed by atoms with Gasteiger partial charge in [-0.1, -0.05) is 15.9 Å². The van der Waals surface area contributed by atoms with Crippen molar-refractivity contribution in [2.45, 2.75) is 32.5 Å². The molecule has 0 saturated carbocycles. The Balaban J connectivity index is 1.79. The van der Waals surface area contributed by atoms with Crippen molar-refractivity contribution in [1.82, 2.24) is 19.9 Å². The molecule has 3 aromatic rings. The van der Waals surface area contributed by atoms with E-state index in [1.54, 1.807) is 37.1 Å². The van der Waals surface area contributed by atoms with Crippen LogP contribution in [0.15, 0.2) is 41.4 Å². The predicted octanol–water partition coefficient (Wildman–Crippen LogP) is 3.01. The van der Waals surface area contributed by atoms with Gasteiger partial charge in [0.05, 0.1) is 29.2 Å². The molecule has 0 aliphatic carbocycles. The number of imidazole rings is 1. The number of hydrogen-bond donors (Lipinski definition) is 1. The third-order valence-electron chi connectivity index (χ3n) is 3.44. The molecule has 26 heavy (non-hydrogen) atoms. The summed E-state index contributed by atoms with van der Waals surface area (Å²) in [5.41, 5.74) is 0.735. The molecule has 3 rings (SSSR count). The number of nitrogens with zero attached hydrogens (tertiary/aromatic N) is 3. The molecule has 1 unspecified atom stereocenters. The van der Waals surface area contributed by atoms with Gasteiger partial charge in [0.25, 0.3) is 5.91 Å². The fraction of sp³-hybridized carbons (Fsp3) is 0.294. The molecule has 9 heteroatoms. The minimum absolute atomic E-state index is 0.230. The van der Waals surface area contributed by atoms with Crippen molar-refractivity contribution in [3.05, 3.63) is 46.4 Å². The minimum Gasteiger partial charge on any atom is -0.461 e. The van der Waals surface area contributed by atoms with Gasteiger partial charge in [0.15, 0.2) is 5.01 Å². The second-order valence-corrected chi connectivity index (χ2v) is 7.85. The first-order valence-corrected chi connectivity index (χ1v) is 9.56. The monoisotopic (exact) mass is 436 g/mol. The van der Waals surface area contributed by atoms with Crippen molar-refractivity contribution in [2.24, 2.45) is 0 Å². The molecule has 2 aromatic heterocycles. The summed E-state index contributed by atoms with van der Waals surface area (Å²) in [6.07, 6.45) is 4.64. The van der Waals surface area contributed by atoms with Crippen molar-refractivity contribution < 1.29 is 14.3 Å². The highest BCUT2D eigenvalue weighted by molar-refractivity contribution is 9.10. The molecule has 0 bridgehead atoms. The zero-order valence-corrected chi connectivity index (χ0v) is 16.6. The van der Waals surface area contributed by atoms with Crippen LogP contribution >= 0.6 is 27.3 Å². The quantitative estimate of drug-likeness (QED) is 0.600. The molecular formula is C17H17BrN4O3S. The summed E-state index contributed by atoms with van der Waals surface area (Å²) in [7, 11) is 0. The average Bonchev–Trinajstić information content (AvgIpc) is 3.22. The Morgan fingerprint density at radius 1 is 1.38 bits per heavy atom. The fourth-order valence-corrected chi connectivity index (χ4v) is 3.74. The Hall–Kier alpha value is -2.26. The molecule has 0 radical (unpaired) electrons. The molecule has 0 fully saturated rings. The summed E-state index contributed by atoms with van der Waals surface area (Å²) in [6.45, 7) is 3.76. The molecular weight excluding hydrogens is 420 g/mol. The molecule has 7 nitrogen and oxygen atoms in total. The van der Waals surface area contributed by atoms with E-state index in [1.165, 1.54) is 11.3 Å². The number of fused-ring (bicyclic) bond motifs is 1. The first-order valence-electron chi connectivity index (χ1n) is 7.95. The minimum atomic E-state index is -0.835. The van der Waals surface area contributed by atoms with Crippen LogP contribution in [0.25, 0.3) is 10.2 Å². The molecule has 2 heterocycles. The third kappa shape index (κ3) is 4.47. The van der Waals surface area contributed by atoms with E-state index in [2.05, 4.69) is 31.2 Å². The van der Waals surface area contributed by atoms with Crippen LogP contribution in [0, 0.1) is 0 Å². The lowest BCUT2D eigenvalue weighted by Crippen LogP contribution is -2.45. The van der Waals surface area contributed by atoms with E-state index in [4.69, 9.17) is 4.74 Å². The van der Waals surface area contributed by atoms with Crippen LogP contribution in [0.4, 0.5) is 0 Å². The highest BCUT2D eigenvalue weighted by Gasteiger charge is 2.25. The van der Waals surface area contributed by atoms with Crippen LogP contribution in [0.1, 0.15) is 23.6 Å². The number of amides is 1. The predicted molar refractivity (Wildman–Crippen MR) is 102 cm³/mol. The summed E-state index contributed by atoms with van der Waals surface area (Å²) in [5.74, 6) is -0.904. The zero-order valence-electron chi connectivity index (χ0n) is 14.2. The Bertz CT molecular complexity index is 923. The molecule has 1 atom stereocenters. The topological polar surface area (TPSA) is 86.1 Å². The number of hydrogen-bond acceptors (Lipinski definition) is 6.